The van der Waals surface area contributed by atoms with E-state index in [-0.39, 0.29) is 11.3 Å². The molecule has 1 saturated carbocycles. The van der Waals surface area contributed by atoms with Crippen LogP contribution in [0.4, 0.5) is 0 Å². The highest BCUT2D eigenvalue weighted by molar-refractivity contribution is 5.97. The zero-order valence-corrected chi connectivity index (χ0v) is 10.6. The first kappa shape index (κ1) is 11.3. The third-order valence-corrected chi connectivity index (χ3v) is 3.83. The molecule has 0 aliphatic heterocycles. The normalized spacial score (nSPS) is 16.7. The van der Waals surface area contributed by atoms with Crippen molar-refractivity contribution in [2.24, 2.45) is 0 Å². The van der Waals surface area contributed by atoms with Crippen LogP contribution >= 0.6 is 0 Å². The maximum absolute atomic E-state index is 12.3. The summed E-state index contributed by atoms with van der Waals surface area (Å²) < 4.78 is 0. The first-order valence-corrected chi connectivity index (χ1v) is 6.63. The van der Waals surface area contributed by atoms with Gasteiger partial charge in [-0.05, 0) is 30.9 Å². The minimum Gasteiger partial charge on any atom is -0.361 e. The molecule has 1 aromatic carbocycles. The fourth-order valence-corrected chi connectivity index (χ4v) is 2.62. The Balaban J connectivity index is 1.96. The van der Waals surface area contributed by atoms with E-state index < -0.39 is 0 Å². The molecule has 1 heterocycles. The highest BCUT2D eigenvalue weighted by atomic mass is 16.2. The Bertz CT molecular complexity index is 581. The minimum atomic E-state index is -0.269. The Morgan fingerprint density at radius 3 is 2.89 bits per heavy atom. The van der Waals surface area contributed by atoms with Crippen molar-refractivity contribution in [1.82, 2.24) is 10.3 Å². The Morgan fingerprint density at radius 1 is 1.39 bits per heavy atom. The zero-order valence-electron chi connectivity index (χ0n) is 10.6. The second-order valence-electron chi connectivity index (χ2n) is 5.09. The molecule has 1 aliphatic rings. The van der Waals surface area contributed by atoms with Crippen LogP contribution in [-0.4, -0.2) is 17.4 Å². The van der Waals surface area contributed by atoms with Gasteiger partial charge in [0, 0.05) is 23.6 Å². The summed E-state index contributed by atoms with van der Waals surface area (Å²) in [7, 11) is 0. The molecule has 3 rings (SSSR count). The van der Waals surface area contributed by atoms with Gasteiger partial charge in [-0.25, -0.2) is 0 Å². The summed E-state index contributed by atoms with van der Waals surface area (Å²) in [6.07, 6.45) is 4.91. The van der Waals surface area contributed by atoms with Gasteiger partial charge in [-0.15, -0.1) is 0 Å². The molecule has 3 nitrogen and oxygen atoms in total. The van der Waals surface area contributed by atoms with Crippen molar-refractivity contribution in [3.05, 3.63) is 36.0 Å². The van der Waals surface area contributed by atoms with Gasteiger partial charge in [-0.3, -0.25) is 4.79 Å². The largest absolute Gasteiger partial charge is 0.361 e. The van der Waals surface area contributed by atoms with Crippen molar-refractivity contribution in [3.63, 3.8) is 0 Å². The molecule has 18 heavy (non-hydrogen) atoms. The van der Waals surface area contributed by atoms with E-state index >= 15 is 0 Å². The Labute approximate surface area is 107 Å². The van der Waals surface area contributed by atoms with Crippen LogP contribution < -0.4 is 5.32 Å². The first-order chi connectivity index (χ1) is 8.78. The molecule has 0 unspecified atom stereocenters. The van der Waals surface area contributed by atoms with Gasteiger partial charge in [-0.2, -0.15) is 0 Å². The van der Waals surface area contributed by atoms with E-state index in [0.717, 1.165) is 36.9 Å². The highest BCUT2D eigenvalue weighted by Crippen LogP contribution is 2.50. The third kappa shape index (κ3) is 1.62. The van der Waals surface area contributed by atoms with Gasteiger partial charge >= 0.3 is 0 Å². The molecule has 0 radical (unpaired) electrons. The molecule has 0 saturated heterocycles. The first-order valence-electron chi connectivity index (χ1n) is 6.63. The third-order valence-electron chi connectivity index (χ3n) is 3.83. The second kappa shape index (κ2) is 4.16. The molecule has 1 aromatic heterocycles. The van der Waals surface area contributed by atoms with Gasteiger partial charge < -0.3 is 10.3 Å². The quantitative estimate of drug-likeness (QED) is 0.850. The monoisotopic (exact) mass is 242 g/mol. The van der Waals surface area contributed by atoms with E-state index in [1.807, 2.05) is 18.3 Å². The topological polar surface area (TPSA) is 44.9 Å². The van der Waals surface area contributed by atoms with Crippen LogP contribution in [0.2, 0.25) is 0 Å². The van der Waals surface area contributed by atoms with Crippen molar-refractivity contribution in [2.45, 2.75) is 31.6 Å². The van der Waals surface area contributed by atoms with E-state index in [1.165, 1.54) is 5.39 Å². The van der Waals surface area contributed by atoms with Crippen LogP contribution in [0.25, 0.3) is 10.9 Å². The zero-order chi connectivity index (χ0) is 12.6. The van der Waals surface area contributed by atoms with Gasteiger partial charge in [0.15, 0.2) is 0 Å². The smallest absolute Gasteiger partial charge is 0.230 e. The lowest BCUT2D eigenvalue weighted by Crippen LogP contribution is -2.35. The standard InChI is InChI=1S/C15H18N2O/c1-2-9-16-14(18)15(7-8-15)12-10-17-13-6-4-3-5-11(12)13/h3-6,10,17H,2,7-9H2,1H3,(H,16,18). The van der Waals surface area contributed by atoms with Crippen LogP contribution in [0.15, 0.2) is 30.5 Å². The number of amides is 1. The Hall–Kier alpha value is -1.77. The molecule has 1 fully saturated rings. The summed E-state index contributed by atoms with van der Waals surface area (Å²) in [4.78, 5) is 15.6. The maximum atomic E-state index is 12.3. The molecule has 94 valence electrons. The number of H-pyrrole nitrogens is 1. The predicted molar refractivity (Wildman–Crippen MR) is 72.5 cm³/mol. The lowest BCUT2D eigenvalue weighted by Gasteiger charge is -2.14. The van der Waals surface area contributed by atoms with Gasteiger partial charge in [0.25, 0.3) is 0 Å². The van der Waals surface area contributed by atoms with Crippen molar-refractivity contribution in [1.29, 1.82) is 0 Å². The van der Waals surface area contributed by atoms with E-state index in [2.05, 4.69) is 29.4 Å². The van der Waals surface area contributed by atoms with Gasteiger partial charge in [0.05, 0.1) is 5.41 Å². The van der Waals surface area contributed by atoms with Crippen LogP contribution in [0.1, 0.15) is 31.7 Å². The van der Waals surface area contributed by atoms with Crippen molar-refractivity contribution < 1.29 is 4.79 Å². The lowest BCUT2D eigenvalue weighted by molar-refractivity contribution is -0.123. The molecule has 0 atom stereocenters. The number of aromatic nitrogens is 1. The van der Waals surface area contributed by atoms with Gasteiger partial charge in [0.1, 0.15) is 0 Å². The van der Waals surface area contributed by atoms with Crippen molar-refractivity contribution in [2.75, 3.05) is 6.54 Å². The number of benzene rings is 1. The van der Waals surface area contributed by atoms with E-state index in [0.29, 0.717) is 0 Å². The number of rotatable bonds is 4. The predicted octanol–water partition coefficient (Wildman–Crippen LogP) is 2.73. The molecule has 0 bridgehead atoms. The summed E-state index contributed by atoms with van der Waals surface area (Å²) in [6, 6.07) is 8.19. The van der Waals surface area contributed by atoms with E-state index in [1.54, 1.807) is 0 Å². The number of nitrogens with one attached hydrogen (secondary N) is 2. The molecule has 2 aromatic rings. The average Bonchev–Trinajstić information content (AvgIpc) is 3.10. The van der Waals surface area contributed by atoms with Gasteiger partial charge in [0.2, 0.25) is 5.91 Å². The Kier molecular flexibility index (Phi) is 2.62. The molecular weight excluding hydrogens is 224 g/mol. The second-order valence-corrected chi connectivity index (χ2v) is 5.09. The summed E-state index contributed by atoms with van der Waals surface area (Å²) in [6.45, 7) is 2.84. The fraction of sp³-hybridized carbons (Fsp3) is 0.400. The summed E-state index contributed by atoms with van der Waals surface area (Å²) in [5, 5.41) is 4.22. The van der Waals surface area contributed by atoms with Crippen LogP contribution in [0.5, 0.6) is 0 Å². The fourth-order valence-electron chi connectivity index (χ4n) is 2.62. The number of para-hydroxylation sites is 1. The molecule has 0 spiro atoms. The number of hydrogen-bond acceptors (Lipinski definition) is 1. The van der Waals surface area contributed by atoms with Crippen LogP contribution in [0, 0.1) is 0 Å². The van der Waals surface area contributed by atoms with Crippen molar-refractivity contribution in [3.8, 4) is 0 Å². The van der Waals surface area contributed by atoms with Crippen LogP contribution in [0.3, 0.4) is 0 Å². The highest BCUT2D eigenvalue weighted by Gasteiger charge is 2.52. The van der Waals surface area contributed by atoms with Gasteiger partial charge in [-0.1, -0.05) is 25.1 Å². The molecular formula is C15H18N2O. The molecule has 1 amide bonds. The van der Waals surface area contributed by atoms with E-state index in [9.17, 15) is 4.79 Å². The lowest BCUT2D eigenvalue weighted by atomic mass is 9.94. The number of aromatic amines is 1. The Morgan fingerprint density at radius 2 is 2.17 bits per heavy atom. The van der Waals surface area contributed by atoms with Crippen molar-refractivity contribution >= 4 is 16.8 Å². The summed E-state index contributed by atoms with van der Waals surface area (Å²) in [5.74, 6) is 0.189. The van der Waals surface area contributed by atoms with E-state index in [4.69, 9.17) is 0 Å². The number of carbonyl (C=O) groups excluding carboxylic acids is 1. The number of fused-ring (bicyclic) bond motifs is 1. The van der Waals surface area contributed by atoms with Crippen LogP contribution in [-0.2, 0) is 10.2 Å². The molecule has 3 heteroatoms. The number of carbonyl (C=O) groups is 1. The average molecular weight is 242 g/mol. The maximum Gasteiger partial charge on any atom is 0.230 e. The molecule has 1 aliphatic carbocycles. The molecule has 2 N–H and O–H groups in total. The summed E-state index contributed by atoms with van der Waals surface area (Å²) in [5.41, 5.74) is 2.00. The summed E-state index contributed by atoms with van der Waals surface area (Å²) >= 11 is 0. The SMILES string of the molecule is CCCNC(=O)C1(c2c[nH]c3ccccc23)CC1. The minimum absolute atomic E-state index is 0.189. The number of hydrogen-bond donors (Lipinski definition) is 2.